The third-order valence-electron chi connectivity index (χ3n) is 4.97. The summed E-state index contributed by atoms with van der Waals surface area (Å²) < 4.78 is 10.8. The normalized spacial score (nSPS) is 24.9. The standard InChI is InChI=1S/C19H32N4O4/c1-5-22-7-6-19(13-20,14-22)21-16(24)15(12-18(2,3)4)27-17(25)23-8-10-26-11-9-23/h15H,5-12,14H2,1-4H3,(H,21,24). The molecule has 2 rings (SSSR count). The van der Waals surface area contributed by atoms with Crippen LogP contribution in [0, 0.1) is 16.7 Å². The average molecular weight is 380 g/mol. The second kappa shape index (κ2) is 8.89. The van der Waals surface area contributed by atoms with E-state index in [-0.39, 0.29) is 5.41 Å². The number of likely N-dealkylation sites (tertiary alicyclic amines) is 1. The lowest BCUT2D eigenvalue weighted by Crippen LogP contribution is -2.54. The lowest BCUT2D eigenvalue weighted by atomic mass is 9.88. The summed E-state index contributed by atoms with van der Waals surface area (Å²) in [5.41, 5.74) is -1.13. The fourth-order valence-electron chi connectivity index (χ4n) is 3.38. The van der Waals surface area contributed by atoms with Crippen molar-refractivity contribution in [1.29, 1.82) is 5.26 Å². The SMILES string of the molecule is CCN1CCC(C#N)(NC(=O)C(CC(C)(C)C)OC(=O)N2CCOCC2)C1. The van der Waals surface area contributed by atoms with E-state index >= 15 is 0 Å². The van der Waals surface area contributed by atoms with E-state index in [1.54, 1.807) is 4.90 Å². The van der Waals surface area contributed by atoms with E-state index in [9.17, 15) is 14.9 Å². The van der Waals surface area contributed by atoms with E-state index in [4.69, 9.17) is 9.47 Å². The van der Waals surface area contributed by atoms with Crippen LogP contribution in [-0.4, -0.2) is 79.4 Å². The Labute approximate surface area is 161 Å². The van der Waals surface area contributed by atoms with Crippen molar-refractivity contribution in [3.8, 4) is 6.07 Å². The predicted molar refractivity (Wildman–Crippen MR) is 100.0 cm³/mol. The number of amides is 2. The number of nitrogens with zero attached hydrogens (tertiary/aromatic N) is 3. The van der Waals surface area contributed by atoms with Crippen LogP contribution in [0.1, 0.15) is 40.5 Å². The molecule has 2 fully saturated rings. The fourth-order valence-corrected chi connectivity index (χ4v) is 3.38. The second-order valence-corrected chi connectivity index (χ2v) is 8.54. The van der Waals surface area contributed by atoms with Crippen molar-refractivity contribution >= 4 is 12.0 Å². The highest BCUT2D eigenvalue weighted by Crippen LogP contribution is 2.25. The van der Waals surface area contributed by atoms with Gasteiger partial charge in [0.25, 0.3) is 5.91 Å². The molecular weight excluding hydrogens is 348 g/mol. The van der Waals surface area contributed by atoms with Crippen LogP contribution in [0.25, 0.3) is 0 Å². The minimum Gasteiger partial charge on any atom is -0.436 e. The van der Waals surface area contributed by atoms with Crippen molar-refractivity contribution in [2.75, 3.05) is 45.9 Å². The molecule has 2 amide bonds. The number of carbonyl (C=O) groups excluding carboxylic acids is 2. The van der Waals surface area contributed by atoms with Crippen LogP contribution in [0.4, 0.5) is 4.79 Å². The van der Waals surface area contributed by atoms with Crippen LogP contribution in [0.5, 0.6) is 0 Å². The minimum atomic E-state index is -0.929. The summed E-state index contributed by atoms with van der Waals surface area (Å²) in [7, 11) is 0. The first-order valence-corrected chi connectivity index (χ1v) is 9.67. The smallest absolute Gasteiger partial charge is 0.410 e. The highest BCUT2D eigenvalue weighted by molar-refractivity contribution is 5.84. The van der Waals surface area contributed by atoms with Crippen LogP contribution in [0.2, 0.25) is 0 Å². The van der Waals surface area contributed by atoms with E-state index in [1.807, 2.05) is 27.7 Å². The molecule has 2 heterocycles. The zero-order valence-electron chi connectivity index (χ0n) is 16.9. The van der Waals surface area contributed by atoms with Gasteiger partial charge in [0.05, 0.1) is 19.3 Å². The minimum absolute atomic E-state index is 0.210. The quantitative estimate of drug-likeness (QED) is 0.774. The molecule has 0 aromatic carbocycles. The molecule has 1 N–H and O–H groups in total. The number of hydrogen-bond acceptors (Lipinski definition) is 6. The number of carbonyl (C=O) groups is 2. The lowest BCUT2D eigenvalue weighted by molar-refractivity contribution is -0.133. The van der Waals surface area contributed by atoms with Gasteiger partial charge in [-0.3, -0.25) is 4.79 Å². The van der Waals surface area contributed by atoms with Gasteiger partial charge in [0.15, 0.2) is 6.10 Å². The molecule has 8 heteroatoms. The van der Waals surface area contributed by atoms with Crippen molar-refractivity contribution in [2.24, 2.45) is 5.41 Å². The van der Waals surface area contributed by atoms with Gasteiger partial charge in [-0.05, 0) is 24.8 Å². The maximum Gasteiger partial charge on any atom is 0.410 e. The molecule has 2 aliphatic rings. The molecule has 8 nitrogen and oxygen atoms in total. The monoisotopic (exact) mass is 380 g/mol. The molecule has 2 unspecified atom stereocenters. The first kappa shape index (κ1) is 21.5. The van der Waals surface area contributed by atoms with E-state index in [0.717, 1.165) is 13.1 Å². The van der Waals surface area contributed by atoms with Gasteiger partial charge in [-0.15, -0.1) is 0 Å². The van der Waals surface area contributed by atoms with Crippen LogP contribution in [-0.2, 0) is 14.3 Å². The molecule has 0 aromatic heterocycles. The fraction of sp³-hybridized carbons (Fsp3) is 0.842. The van der Waals surface area contributed by atoms with E-state index in [2.05, 4.69) is 16.3 Å². The van der Waals surface area contributed by atoms with Crippen LogP contribution >= 0.6 is 0 Å². The Kier molecular flexibility index (Phi) is 7.06. The Morgan fingerprint density at radius 1 is 1.30 bits per heavy atom. The van der Waals surface area contributed by atoms with Gasteiger partial charge in [0.1, 0.15) is 5.54 Å². The molecule has 2 saturated heterocycles. The van der Waals surface area contributed by atoms with Crippen molar-refractivity contribution < 1.29 is 19.1 Å². The molecular formula is C19H32N4O4. The summed E-state index contributed by atoms with van der Waals surface area (Å²) in [6.45, 7) is 11.9. The highest BCUT2D eigenvalue weighted by Gasteiger charge is 2.42. The molecule has 0 aliphatic carbocycles. The Bertz CT molecular complexity index is 577. The Morgan fingerprint density at radius 3 is 2.48 bits per heavy atom. The first-order chi connectivity index (χ1) is 12.7. The maximum absolute atomic E-state index is 13.0. The summed E-state index contributed by atoms with van der Waals surface area (Å²) in [6.07, 6.45) is -0.479. The van der Waals surface area contributed by atoms with Gasteiger partial charge < -0.3 is 24.6 Å². The third kappa shape index (κ3) is 6.08. The molecule has 0 spiro atoms. The predicted octanol–water partition coefficient (Wildman–Crippen LogP) is 1.36. The molecule has 152 valence electrons. The first-order valence-electron chi connectivity index (χ1n) is 9.67. The zero-order valence-corrected chi connectivity index (χ0v) is 16.9. The summed E-state index contributed by atoms with van der Waals surface area (Å²) >= 11 is 0. The summed E-state index contributed by atoms with van der Waals surface area (Å²) in [5, 5.41) is 12.5. The lowest BCUT2D eigenvalue weighted by Gasteiger charge is -2.32. The van der Waals surface area contributed by atoms with Gasteiger partial charge in [-0.1, -0.05) is 27.7 Å². The zero-order chi connectivity index (χ0) is 20.1. The number of likely N-dealkylation sites (N-methyl/N-ethyl adjacent to an activating group) is 1. The van der Waals surface area contributed by atoms with Gasteiger partial charge in [0.2, 0.25) is 0 Å². The van der Waals surface area contributed by atoms with E-state index < -0.39 is 23.6 Å². The number of morpholine rings is 1. The van der Waals surface area contributed by atoms with Crippen LogP contribution in [0.3, 0.4) is 0 Å². The number of rotatable bonds is 5. The third-order valence-corrected chi connectivity index (χ3v) is 4.97. The van der Waals surface area contributed by atoms with Crippen molar-refractivity contribution in [2.45, 2.75) is 52.2 Å². The molecule has 27 heavy (non-hydrogen) atoms. The van der Waals surface area contributed by atoms with E-state index in [0.29, 0.717) is 45.7 Å². The highest BCUT2D eigenvalue weighted by atomic mass is 16.6. The van der Waals surface area contributed by atoms with Crippen molar-refractivity contribution in [3.63, 3.8) is 0 Å². The second-order valence-electron chi connectivity index (χ2n) is 8.54. The Morgan fingerprint density at radius 2 is 1.96 bits per heavy atom. The number of ether oxygens (including phenoxy) is 2. The maximum atomic E-state index is 13.0. The summed E-state index contributed by atoms with van der Waals surface area (Å²) in [4.78, 5) is 29.1. The van der Waals surface area contributed by atoms with Crippen LogP contribution in [0.15, 0.2) is 0 Å². The summed E-state index contributed by atoms with van der Waals surface area (Å²) in [6, 6.07) is 2.27. The van der Waals surface area contributed by atoms with Gasteiger partial charge in [-0.2, -0.15) is 5.26 Å². The largest absolute Gasteiger partial charge is 0.436 e. The molecule has 2 atom stereocenters. The summed E-state index contributed by atoms with van der Waals surface area (Å²) in [5.74, 6) is -0.397. The average Bonchev–Trinajstić information content (AvgIpc) is 3.04. The van der Waals surface area contributed by atoms with Gasteiger partial charge in [-0.25, -0.2) is 4.79 Å². The van der Waals surface area contributed by atoms with Gasteiger partial charge >= 0.3 is 6.09 Å². The van der Waals surface area contributed by atoms with Crippen LogP contribution < -0.4 is 5.32 Å². The van der Waals surface area contributed by atoms with Crippen molar-refractivity contribution in [3.05, 3.63) is 0 Å². The topological polar surface area (TPSA) is 94.9 Å². The molecule has 0 radical (unpaired) electrons. The molecule has 0 bridgehead atoms. The number of nitriles is 1. The molecule has 0 saturated carbocycles. The molecule has 2 aliphatic heterocycles. The number of nitrogens with one attached hydrogen (secondary N) is 1. The van der Waals surface area contributed by atoms with E-state index in [1.165, 1.54) is 0 Å². The van der Waals surface area contributed by atoms with Gasteiger partial charge in [0, 0.05) is 26.2 Å². The Balaban J connectivity index is 2.07. The Hall–Kier alpha value is -1.85. The molecule has 0 aromatic rings. The number of hydrogen-bond donors (Lipinski definition) is 1. The van der Waals surface area contributed by atoms with Crippen molar-refractivity contribution in [1.82, 2.24) is 15.1 Å².